The predicted molar refractivity (Wildman–Crippen MR) is 150 cm³/mol. The van der Waals surface area contributed by atoms with Crippen LogP contribution in [0, 0.1) is 6.92 Å². The molecule has 33 heavy (non-hydrogen) atoms. The first kappa shape index (κ1) is 26.0. The SMILES string of the molecule is CSC(C)(C)C(CC(C)(C)S)c1ccc(C(=O)c2ccc(Sc3ccc(C)cc3)cc2)cc1. The first-order valence-electron chi connectivity index (χ1n) is 11.3. The Hall–Kier alpha value is -1.62. The summed E-state index contributed by atoms with van der Waals surface area (Å²) in [6.45, 7) is 11.0. The van der Waals surface area contributed by atoms with Crippen molar-refractivity contribution in [2.75, 3.05) is 6.26 Å². The standard InChI is InChI=1S/C29H34OS3/c1-20-7-15-24(16-8-20)33-25-17-13-23(14-18-25)27(30)22-11-9-21(10-12-22)26(19-28(2,3)31)29(4,5)32-6/h7-18,26,31H,19H2,1-6H3. The Morgan fingerprint density at radius 2 is 1.27 bits per heavy atom. The molecule has 1 unspecified atom stereocenters. The fourth-order valence-electron chi connectivity index (χ4n) is 3.86. The zero-order valence-corrected chi connectivity index (χ0v) is 22.9. The largest absolute Gasteiger partial charge is 0.289 e. The second-order valence-corrected chi connectivity index (χ2v) is 13.6. The minimum atomic E-state index is -0.0650. The average Bonchev–Trinajstić information content (AvgIpc) is 2.78. The summed E-state index contributed by atoms with van der Waals surface area (Å²) in [7, 11) is 0. The van der Waals surface area contributed by atoms with E-state index >= 15 is 0 Å². The van der Waals surface area contributed by atoms with Crippen LogP contribution in [0.5, 0.6) is 0 Å². The topological polar surface area (TPSA) is 17.1 Å². The van der Waals surface area contributed by atoms with Crippen molar-refractivity contribution in [2.24, 2.45) is 0 Å². The van der Waals surface area contributed by atoms with Gasteiger partial charge in [-0.1, -0.05) is 81.4 Å². The van der Waals surface area contributed by atoms with Crippen LogP contribution in [0.25, 0.3) is 0 Å². The minimum absolute atomic E-state index is 0.0589. The van der Waals surface area contributed by atoms with Crippen LogP contribution in [0.1, 0.15) is 67.1 Å². The van der Waals surface area contributed by atoms with E-state index in [1.807, 2.05) is 48.2 Å². The van der Waals surface area contributed by atoms with E-state index in [1.165, 1.54) is 16.0 Å². The van der Waals surface area contributed by atoms with E-state index in [2.05, 4.69) is 77.3 Å². The molecule has 0 aromatic heterocycles. The molecule has 4 heteroatoms. The molecule has 1 atom stereocenters. The Labute approximate surface area is 213 Å². The zero-order valence-electron chi connectivity index (χ0n) is 20.4. The summed E-state index contributed by atoms with van der Waals surface area (Å²) in [4.78, 5) is 15.4. The molecule has 0 aliphatic rings. The van der Waals surface area contributed by atoms with Crippen LogP contribution in [0.2, 0.25) is 0 Å². The normalized spacial score (nSPS) is 13.1. The number of rotatable bonds is 9. The van der Waals surface area contributed by atoms with Crippen LogP contribution in [-0.2, 0) is 0 Å². The summed E-state index contributed by atoms with van der Waals surface area (Å²) in [5.74, 6) is 0.408. The Morgan fingerprint density at radius 3 is 1.73 bits per heavy atom. The molecule has 0 saturated carbocycles. The van der Waals surface area contributed by atoms with Crippen LogP contribution >= 0.6 is 36.2 Å². The summed E-state index contributed by atoms with van der Waals surface area (Å²) in [5, 5.41) is 0. The Balaban J connectivity index is 1.75. The molecule has 0 saturated heterocycles. The maximum absolute atomic E-state index is 13.1. The van der Waals surface area contributed by atoms with E-state index in [4.69, 9.17) is 12.6 Å². The monoisotopic (exact) mass is 494 g/mol. The molecule has 0 fully saturated rings. The summed E-state index contributed by atoms with van der Waals surface area (Å²) >= 11 is 8.38. The van der Waals surface area contributed by atoms with E-state index < -0.39 is 0 Å². The minimum Gasteiger partial charge on any atom is -0.289 e. The highest BCUT2D eigenvalue weighted by atomic mass is 32.2. The molecule has 3 aromatic carbocycles. The van der Waals surface area contributed by atoms with Gasteiger partial charge in [-0.3, -0.25) is 4.79 Å². The van der Waals surface area contributed by atoms with Crippen molar-refractivity contribution >= 4 is 41.9 Å². The molecular weight excluding hydrogens is 461 g/mol. The first-order chi connectivity index (χ1) is 15.5. The molecule has 0 aliphatic heterocycles. The lowest BCUT2D eigenvalue weighted by atomic mass is 9.81. The Bertz CT molecular complexity index is 1060. The van der Waals surface area contributed by atoms with Gasteiger partial charge in [-0.2, -0.15) is 24.4 Å². The summed E-state index contributed by atoms with van der Waals surface area (Å²) < 4.78 is 0.0148. The average molecular weight is 495 g/mol. The smallest absolute Gasteiger partial charge is 0.193 e. The van der Waals surface area contributed by atoms with Gasteiger partial charge in [0.25, 0.3) is 0 Å². The van der Waals surface area contributed by atoms with Crippen LogP contribution < -0.4 is 0 Å². The number of hydrogen-bond donors (Lipinski definition) is 1. The van der Waals surface area contributed by atoms with Gasteiger partial charge in [0.05, 0.1) is 0 Å². The third-order valence-corrected chi connectivity index (χ3v) is 8.55. The van der Waals surface area contributed by atoms with Gasteiger partial charge in [-0.25, -0.2) is 0 Å². The molecule has 1 nitrogen and oxygen atoms in total. The van der Waals surface area contributed by atoms with Crippen molar-refractivity contribution in [3.05, 3.63) is 95.1 Å². The number of carbonyl (C=O) groups excluding carboxylic acids is 1. The number of aryl methyl sites for hydroxylation is 1. The molecule has 0 aliphatic carbocycles. The highest BCUT2D eigenvalue weighted by molar-refractivity contribution is 8.00. The second kappa shape index (κ2) is 10.8. The maximum Gasteiger partial charge on any atom is 0.193 e. The number of ketones is 1. The van der Waals surface area contributed by atoms with E-state index in [9.17, 15) is 4.79 Å². The molecule has 0 bridgehead atoms. The van der Waals surface area contributed by atoms with Gasteiger partial charge in [-0.15, -0.1) is 0 Å². The lowest BCUT2D eigenvalue weighted by Crippen LogP contribution is -2.30. The van der Waals surface area contributed by atoms with Crippen LogP contribution in [-0.4, -0.2) is 21.5 Å². The number of hydrogen-bond acceptors (Lipinski definition) is 4. The number of thioether (sulfide) groups is 1. The lowest BCUT2D eigenvalue weighted by molar-refractivity contribution is 0.103. The second-order valence-electron chi connectivity index (χ2n) is 9.77. The molecule has 0 radical (unpaired) electrons. The van der Waals surface area contributed by atoms with Crippen LogP contribution in [0.15, 0.2) is 82.6 Å². The van der Waals surface area contributed by atoms with Crippen molar-refractivity contribution in [3.63, 3.8) is 0 Å². The van der Waals surface area contributed by atoms with Gasteiger partial charge in [0.15, 0.2) is 5.78 Å². The summed E-state index contributed by atoms with van der Waals surface area (Å²) in [6.07, 6.45) is 3.13. The lowest BCUT2D eigenvalue weighted by Gasteiger charge is -2.37. The van der Waals surface area contributed by atoms with E-state index in [0.29, 0.717) is 11.5 Å². The van der Waals surface area contributed by atoms with Gasteiger partial charge in [0.1, 0.15) is 0 Å². The highest BCUT2D eigenvalue weighted by Gasteiger charge is 2.33. The summed E-state index contributed by atoms with van der Waals surface area (Å²) in [6, 6.07) is 24.6. The van der Waals surface area contributed by atoms with Gasteiger partial charge in [0.2, 0.25) is 0 Å². The van der Waals surface area contributed by atoms with E-state index in [1.54, 1.807) is 11.8 Å². The third-order valence-electron chi connectivity index (χ3n) is 6.02. The molecule has 0 heterocycles. The van der Waals surface area contributed by atoms with Crippen molar-refractivity contribution in [2.45, 2.75) is 66.2 Å². The van der Waals surface area contributed by atoms with Crippen LogP contribution in [0.3, 0.4) is 0 Å². The number of carbonyl (C=O) groups is 1. The molecule has 174 valence electrons. The van der Waals surface area contributed by atoms with Crippen LogP contribution in [0.4, 0.5) is 0 Å². The molecule has 0 amide bonds. The third kappa shape index (κ3) is 7.18. The van der Waals surface area contributed by atoms with E-state index in [-0.39, 0.29) is 15.3 Å². The first-order valence-corrected chi connectivity index (χ1v) is 13.7. The van der Waals surface area contributed by atoms with Crippen molar-refractivity contribution in [1.82, 2.24) is 0 Å². The molecular formula is C29H34OS3. The number of benzene rings is 3. The van der Waals surface area contributed by atoms with Gasteiger partial charge in [-0.05, 0) is 67.5 Å². The maximum atomic E-state index is 13.1. The molecule has 3 rings (SSSR count). The number of thiol groups is 1. The van der Waals surface area contributed by atoms with Gasteiger partial charge in [0, 0.05) is 30.4 Å². The zero-order chi connectivity index (χ0) is 24.2. The fourth-order valence-corrected chi connectivity index (χ4v) is 5.36. The van der Waals surface area contributed by atoms with Crippen molar-refractivity contribution < 1.29 is 4.79 Å². The Kier molecular flexibility index (Phi) is 8.47. The summed E-state index contributed by atoms with van der Waals surface area (Å²) in [5.41, 5.74) is 3.96. The fraction of sp³-hybridized carbons (Fsp3) is 0.345. The molecule has 3 aromatic rings. The van der Waals surface area contributed by atoms with Gasteiger partial charge >= 0.3 is 0 Å². The van der Waals surface area contributed by atoms with Crippen molar-refractivity contribution in [1.29, 1.82) is 0 Å². The Morgan fingerprint density at radius 1 is 0.818 bits per heavy atom. The molecule has 0 spiro atoms. The quantitative estimate of drug-likeness (QED) is 0.237. The molecule has 0 N–H and O–H groups in total. The van der Waals surface area contributed by atoms with Gasteiger partial charge < -0.3 is 0 Å². The predicted octanol–water partition coefficient (Wildman–Crippen LogP) is 8.70. The highest BCUT2D eigenvalue weighted by Crippen LogP contribution is 2.44. The van der Waals surface area contributed by atoms with Crippen molar-refractivity contribution in [3.8, 4) is 0 Å². The van der Waals surface area contributed by atoms with E-state index in [0.717, 1.165) is 16.9 Å².